The van der Waals surface area contributed by atoms with Crippen molar-refractivity contribution >= 4 is 11.5 Å². The molecule has 2 atom stereocenters. The molecule has 2 unspecified atom stereocenters. The monoisotopic (exact) mass is 369 g/mol. The Morgan fingerprint density at radius 3 is 2.74 bits per heavy atom. The standard InChI is InChI=1S/C20H23N3O4/c24-23(25)17-8-9-19(21-16-10-11-26-18(12-16)15-6-7-15)22-20(17)27-13-14-4-2-1-3-5-14/h1-5,8-9,15-16,18H,6-7,10-13H2,(H,21,22). The van der Waals surface area contributed by atoms with E-state index < -0.39 is 4.92 Å². The van der Waals surface area contributed by atoms with Crippen LogP contribution in [0.15, 0.2) is 42.5 Å². The maximum Gasteiger partial charge on any atom is 0.331 e. The van der Waals surface area contributed by atoms with E-state index in [0.717, 1.165) is 25.0 Å². The maximum atomic E-state index is 11.3. The lowest BCUT2D eigenvalue weighted by molar-refractivity contribution is -0.386. The normalized spacial score (nSPS) is 22.2. The second-order valence-corrected chi connectivity index (χ2v) is 7.16. The van der Waals surface area contributed by atoms with Crippen LogP contribution in [0.4, 0.5) is 11.5 Å². The highest BCUT2D eigenvalue weighted by molar-refractivity contribution is 5.49. The highest BCUT2D eigenvalue weighted by atomic mass is 16.6. The fourth-order valence-electron chi connectivity index (χ4n) is 3.45. The summed E-state index contributed by atoms with van der Waals surface area (Å²) in [6, 6.07) is 12.9. The van der Waals surface area contributed by atoms with Gasteiger partial charge in [-0.25, -0.2) is 0 Å². The molecule has 1 saturated carbocycles. The van der Waals surface area contributed by atoms with Gasteiger partial charge in [-0.1, -0.05) is 30.3 Å². The number of hydrogen-bond donors (Lipinski definition) is 1. The molecule has 0 radical (unpaired) electrons. The van der Waals surface area contributed by atoms with Crippen molar-refractivity contribution in [3.05, 3.63) is 58.1 Å². The van der Waals surface area contributed by atoms with Gasteiger partial charge in [-0.05, 0) is 43.2 Å². The molecule has 4 rings (SSSR count). The number of ether oxygens (including phenoxy) is 2. The quantitative estimate of drug-likeness (QED) is 0.588. The molecule has 2 aromatic rings. The van der Waals surface area contributed by atoms with E-state index in [0.29, 0.717) is 17.8 Å². The Labute approximate surface area is 157 Å². The zero-order chi connectivity index (χ0) is 18.6. The molecule has 1 N–H and O–H groups in total. The van der Waals surface area contributed by atoms with Crippen molar-refractivity contribution in [3.8, 4) is 5.88 Å². The minimum atomic E-state index is -0.464. The second-order valence-electron chi connectivity index (χ2n) is 7.16. The Morgan fingerprint density at radius 1 is 1.19 bits per heavy atom. The number of nitro groups is 1. The minimum Gasteiger partial charge on any atom is -0.468 e. The third kappa shape index (κ3) is 4.54. The van der Waals surface area contributed by atoms with Crippen LogP contribution >= 0.6 is 0 Å². The van der Waals surface area contributed by atoms with Gasteiger partial charge in [0.1, 0.15) is 12.4 Å². The van der Waals surface area contributed by atoms with E-state index in [1.807, 2.05) is 30.3 Å². The topological polar surface area (TPSA) is 86.5 Å². The van der Waals surface area contributed by atoms with Crippen molar-refractivity contribution in [1.82, 2.24) is 4.98 Å². The molecule has 27 heavy (non-hydrogen) atoms. The van der Waals surface area contributed by atoms with Crippen LogP contribution in [-0.4, -0.2) is 28.7 Å². The van der Waals surface area contributed by atoms with Crippen molar-refractivity contribution < 1.29 is 14.4 Å². The molecule has 7 heteroatoms. The lowest BCUT2D eigenvalue weighted by atomic mass is 10.00. The highest BCUT2D eigenvalue weighted by Gasteiger charge is 2.36. The number of anilines is 1. The van der Waals surface area contributed by atoms with E-state index >= 15 is 0 Å². The third-order valence-electron chi connectivity index (χ3n) is 5.07. The van der Waals surface area contributed by atoms with Crippen LogP contribution < -0.4 is 10.1 Å². The van der Waals surface area contributed by atoms with Crippen LogP contribution in [0.2, 0.25) is 0 Å². The summed E-state index contributed by atoms with van der Waals surface area (Å²) in [6.45, 7) is 0.975. The fourth-order valence-corrected chi connectivity index (χ4v) is 3.45. The molecule has 2 aliphatic rings. The molecule has 1 saturated heterocycles. The van der Waals surface area contributed by atoms with Crippen molar-refractivity contribution in [1.29, 1.82) is 0 Å². The molecule has 7 nitrogen and oxygen atoms in total. The Balaban J connectivity index is 1.45. The Morgan fingerprint density at radius 2 is 2.00 bits per heavy atom. The van der Waals surface area contributed by atoms with E-state index in [9.17, 15) is 10.1 Å². The number of pyridine rings is 1. The number of hydrogen-bond acceptors (Lipinski definition) is 6. The Kier molecular flexibility index (Phi) is 5.20. The number of rotatable bonds is 7. The number of nitrogens with zero attached hydrogens (tertiary/aromatic N) is 2. The minimum absolute atomic E-state index is 0.0413. The molecule has 1 aromatic carbocycles. The Bertz CT molecular complexity index is 795. The molecule has 0 amide bonds. The first-order valence-corrected chi connectivity index (χ1v) is 9.39. The molecule has 0 bridgehead atoms. The summed E-state index contributed by atoms with van der Waals surface area (Å²) < 4.78 is 11.5. The van der Waals surface area contributed by atoms with Gasteiger partial charge in [0.25, 0.3) is 5.88 Å². The first kappa shape index (κ1) is 17.7. The zero-order valence-corrected chi connectivity index (χ0v) is 15.0. The van der Waals surface area contributed by atoms with Gasteiger partial charge in [-0.15, -0.1) is 0 Å². The van der Waals surface area contributed by atoms with Crippen LogP contribution in [-0.2, 0) is 11.3 Å². The van der Waals surface area contributed by atoms with Crippen molar-refractivity contribution in [2.45, 2.75) is 44.4 Å². The van der Waals surface area contributed by atoms with Crippen LogP contribution in [0.25, 0.3) is 0 Å². The number of aromatic nitrogens is 1. The van der Waals surface area contributed by atoms with Gasteiger partial charge < -0.3 is 14.8 Å². The smallest absolute Gasteiger partial charge is 0.331 e. The summed E-state index contributed by atoms with van der Waals surface area (Å²) in [4.78, 5) is 15.2. The van der Waals surface area contributed by atoms with Crippen molar-refractivity contribution in [2.75, 3.05) is 11.9 Å². The predicted molar refractivity (Wildman–Crippen MR) is 101 cm³/mol. The SMILES string of the molecule is O=[N+]([O-])c1ccc(NC2CCOC(C3CC3)C2)nc1OCc1ccccc1. The van der Waals surface area contributed by atoms with Gasteiger partial charge in [0.2, 0.25) is 0 Å². The van der Waals surface area contributed by atoms with E-state index in [2.05, 4.69) is 10.3 Å². The molecule has 2 heterocycles. The summed E-state index contributed by atoms with van der Waals surface area (Å²) in [6.07, 6.45) is 4.68. The molecule has 2 fully saturated rings. The zero-order valence-electron chi connectivity index (χ0n) is 15.0. The van der Waals surface area contributed by atoms with Crippen LogP contribution in [0.3, 0.4) is 0 Å². The summed E-state index contributed by atoms with van der Waals surface area (Å²) >= 11 is 0. The van der Waals surface area contributed by atoms with Crippen molar-refractivity contribution in [3.63, 3.8) is 0 Å². The summed E-state index contributed by atoms with van der Waals surface area (Å²) in [5.74, 6) is 1.34. The van der Waals surface area contributed by atoms with Gasteiger partial charge in [-0.2, -0.15) is 4.98 Å². The molecule has 1 aromatic heterocycles. The fraction of sp³-hybridized carbons (Fsp3) is 0.450. The Hall–Kier alpha value is -2.67. The van der Waals surface area contributed by atoms with Crippen LogP contribution in [0.1, 0.15) is 31.2 Å². The van der Waals surface area contributed by atoms with Gasteiger partial charge >= 0.3 is 5.69 Å². The summed E-state index contributed by atoms with van der Waals surface area (Å²) in [5.41, 5.74) is 0.808. The lowest BCUT2D eigenvalue weighted by Gasteiger charge is -2.30. The number of nitrogens with one attached hydrogen (secondary N) is 1. The lowest BCUT2D eigenvalue weighted by Crippen LogP contribution is -2.35. The average Bonchev–Trinajstić information content (AvgIpc) is 3.53. The van der Waals surface area contributed by atoms with Gasteiger partial charge in [0.15, 0.2) is 0 Å². The number of benzene rings is 1. The largest absolute Gasteiger partial charge is 0.468 e. The van der Waals surface area contributed by atoms with E-state index in [1.54, 1.807) is 6.07 Å². The molecular weight excluding hydrogens is 346 g/mol. The van der Waals surface area contributed by atoms with Crippen molar-refractivity contribution in [2.24, 2.45) is 5.92 Å². The van der Waals surface area contributed by atoms with Gasteiger partial charge in [0.05, 0.1) is 11.0 Å². The highest BCUT2D eigenvalue weighted by Crippen LogP contribution is 2.38. The van der Waals surface area contributed by atoms with E-state index in [1.165, 1.54) is 18.9 Å². The summed E-state index contributed by atoms with van der Waals surface area (Å²) in [7, 11) is 0. The molecular formula is C20H23N3O4. The first-order valence-electron chi connectivity index (χ1n) is 9.39. The van der Waals surface area contributed by atoms with E-state index in [-0.39, 0.29) is 24.2 Å². The van der Waals surface area contributed by atoms with Crippen LogP contribution in [0.5, 0.6) is 5.88 Å². The molecule has 1 aliphatic carbocycles. The maximum absolute atomic E-state index is 11.3. The second kappa shape index (κ2) is 7.92. The van der Waals surface area contributed by atoms with E-state index in [4.69, 9.17) is 9.47 Å². The van der Waals surface area contributed by atoms with Gasteiger partial charge in [0, 0.05) is 18.7 Å². The van der Waals surface area contributed by atoms with Gasteiger partial charge in [-0.3, -0.25) is 10.1 Å². The third-order valence-corrected chi connectivity index (χ3v) is 5.07. The van der Waals surface area contributed by atoms with Crippen LogP contribution in [0, 0.1) is 16.0 Å². The summed E-state index contributed by atoms with van der Waals surface area (Å²) in [5, 5.41) is 14.7. The average molecular weight is 369 g/mol. The molecule has 142 valence electrons. The first-order chi connectivity index (χ1) is 13.2. The predicted octanol–water partition coefficient (Wildman–Crippen LogP) is 3.94. The molecule has 1 aliphatic heterocycles. The molecule has 0 spiro atoms.